The van der Waals surface area contributed by atoms with E-state index in [1.807, 2.05) is 6.07 Å². The molecule has 1 aliphatic carbocycles. The van der Waals surface area contributed by atoms with Crippen LogP contribution in [0.3, 0.4) is 0 Å². The maximum Gasteiger partial charge on any atom is 0.311 e. The summed E-state index contributed by atoms with van der Waals surface area (Å²) in [5.41, 5.74) is 1.60. The van der Waals surface area contributed by atoms with Crippen molar-refractivity contribution in [2.24, 2.45) is 5.41 Å². The zero-order chi connectivity index (χ0) is 13.5. The van der Waals surface area contributed by atoms with Gasteiger partial charge < -0.3 is 9.64 Å². The van der Waals surface area contributed by atoms with E-state index in [4.69, 9.17) is 4.74 Å². The first-order valence-electron chi connectivity index (χ1n) is 6.71. The minimum Gasteiger partial charge on any atom is -0.490 e. The van der Waals surface area contributed by atoms with Crippen LogP contribution in [0.1, 0.15) is 25.7 Å². The Morgan fingerprint density at radius 3 is 2.79 bits per heavy atom. The van der Waals surface area contributed by atoms with Crippen LogP contribution in [0.2, 0.25) is 0 Å². The number of ether oxygens (including phenoxy) is 1. The van der Waals surface area contributed by atoms with Gasteiger partial charge in [-0.25, -0.2) is 0 Å². The number of nitro benzene ring substituents is 1. The topological polar surface area (TPSA) is 55.6 Å². The van der Waals surface area contributed by atoms with Gasteiger partial charge >= 0.3 is 5.69 Å². The Hall–Kier alpha value is -1.78. The second-order valence-electron chi connectivity index (χ2n) is 5.64. The van der Waals surface area contributed by atoms with Gasteiger partial charge in [0.1, 0.15) is 0 Å². The van der Waals surface area contributed by atoms with E-state index in [9.17, 15) is 10.1 Å². The molecular weight excluding hydrogens is 244 g/mol. The molecule has 3 rings (SSSR count). The van der Waals surface area contributed by atoms with Gasteiger partial charge in [0.25, 0.3) is 0 Å². The monoisotopic (exact) mass is 262 g/mol. The van der Waals surface area contributed by atoms with Crippen molar-refractivity contribution >= 4 is 11.4 Å². The summed E-state index contributed by atoms with van der Waals surface area (Å²) in [6, 6.07) is 5.17. The van der Waals surface area contributed by atoms with Gasteiger partial charge in [-0.1, -0.05) is 0 Å². The van der Waals surface area contributed by atoms with Crippen molar-refractivity contribution in [3.8, 4) is 5.75 Å². The lowest BCUT2D eigenvalue weighted by atomic mass is 9.94. The Balaban J connectivity index is 1.86. The zero-order valence-electron chi connectivity index (χ0n) is 11.1. The van der Waals surface area contributed by atoms with E-state index < -0.39 is 4.92 Å². The van der Waals surface area contributed by atoms with E-state index in [1.165, 1.54) is 32.8 Å². The fourth-order valence-electron chi connectivity index (χ4n) is 3.03. The van der Waals surface area contributed by atoms with Gasteiger partial charge in [-0.15, -0.1) is 0 Å². The van der Waals surface area contributed by atoms with Crippen LogP contribution in [0.25, 0.3) is 0 Å². The summed E-state index contributed by atoms with van der Waals surface area (Å²) < 4.78 is 5.14. The SMILES string of the molecule is COc1cc(N2CCCC3(CC3)C2)ccc1[N+](=O)[O-]. The Kier molecular flexibility index (Phi) is 2.84. The molecule has 2 aliphatic rings. The molecule has 1 spiro atoms. The van der Waals surface area contributed by atoms with Crippen LogP contribution >= 0.6 is 0 Å². The summed E-state index contributed by atoms with van der Waals surface area (Å²) in [7, 11) is 1.48. The molecule has 1 aromatic rings. The predicted octanol–water partition coefficient (Wildman–Crippen LogP) is 2.98. The van der Waals surface area contributed by atoms with E-state index in [0.29, 0.717) is 11.2 Å². The van der Waals surface area contributed by atoms with Crippen molar-refractivity contribution < 1.29 is 9.66 Å². The van der Waals surface area contributed by atoms with Crippen molar-refractivity contribution in [1.29, 1.82) is 0 Å². The Morgan fingerprint density at radius 1 is 1.37 bits per heavy atom. The first-order valence-corrected chi connectivity index (χ1v) is 6.71. The van der Waals surface area contributed by atoms with Crippen molar-refractivity contribution in [3.05, 3.63) is 28.3 Å². The number of methoxy groups -OCH3 is 1. The van der Waals surface area contributed by atoms with E-state index in [2.05, 4.69) is 4.90 Å². The Bertz CT molecular complexity index is 511. The average Bonchev–Trinajstić information content (AvgIpc) is 3.16. The molecule has 19 heavy (non-hydrogen) atoms. The summed E-state index contributed by atoms with van der Waals surface area (Å²) >= 11 is 0. The molecule has 0 unspecified atom stereocenters. The molecule has 0 radical (unpaired) electrons. The third kappa shape index (κ3) is 2.25. The molecule has 0 bridgehead atoms. The molecular formula is C14H18N2O3. The van der Waals surface area contributed by atoms with Gasteiger partial charge in [-0.05, 0) is 37.2 Å². The van der Waals surface area contributed by atoms with Crippen molar-refractivity contribution in [2.45, 2.75) is 25.7 Å². The van der Waals surface area contributed by atoms with Crippen LogP contribution in [0, 0.1) is 15.5 Å². The van der Waals surface area contributed by atoms with Gasteiger partial charge in [-0.2, -0.15) is 0 Å². The number of hydrogen-bond donors (Lipinski definition) is 0. The lowest BCUT2D eigenvalue weighted by Gasteiger charge is -2.34. The second-order valence-corrected chi connectivity index (χ2v) is 5.64. The fraction of sp³-hybridized carbons (Fsp3) is 0.571. The van der Waals surface area contributed by atoms with Crippen LogP contribution in [0.15, 0.2) is 18.2 Å². The van der Waals surface area contributed by atoms with Crippen molar-refractivity contribution in [2.75, 3.05) is 25.1 Å². The predicted molar refractivity (Wildman–Crippen MR) is 72.8 cm³/mol. The minimum absolute atomic E-state index is 0.0318. The molecule has 0 amide bonds. The molecule has 0 N–H and O–H groups in total. The first kappa shape index (κ1) is 12.3. The van der Waals surface area contributed by atoms with E-state index in [0.717, 1.165) is 18.8 Å². The summed E-state index contributed by atoms with van der Waals surface area (Å²) in [5.74, 6) is 0.345. The van der Waals surface area contributed by atoms with Crippen molar-refractivity contribution in [3.63, 3.8) is 0 Å². The molecule has 1 heterocycles. The van der Waals surface area contributed by atoms with Crippen LogP contribution in [0.4, 0.5) is 11.4 Å². The number of hydrogen-bond acceptors (Lipinski definition) is 4. The van der Waals surface area contributed by atoms with Gasteiger partial charge in [0.15, 0.2) is 5.75 Å². The van der Waals surface area contributed by atoms with E-state index in [-0.39, 0.29) is 5.69 Å². The van der Waals surface area contributed by atoms with Crippen LogP contribution in [-0.4, -0.2) is 25.1 Å². The van der Waals surface area contributed by atoms with Crippen LogP contribution in [-0.2, 0) is 0 Å². The largest absolute Gasteiger partial charge is 0.490 e. The molecule has 0 aromatic heterocycles. The standard InChI is InChI=1S/C14H18N2O3/c1-19-13-9-11(3-4-12(13)16(17)18)15-8-2-5-14(10-15)6-7-14/h3-4,9H,2,5-8,10H2,1H3. The molecule has 5 heteroatoms. The third-order valence-corrected chi connectivity index (χ3v) is 4.34. The smallest absolute Gasteiger partial charge is 0.311 e. The number of benzene rings is 1. The minimum atomic E-state index is -0.402. The maximum atomic E-state index is 10.9. The molecule has 5 nitrogen and oxygen atoms in total. The van der Waals surface area contributed by atoms with Crippen LogP contribution in [0.5, 0.6) is 5.75 Å². The number of nitro groups is 1. The summed E-state index contributed by atoms with van der Waals surface area (Å²) in [6.07, 6.45) is 5.19. The average molecular weight is 262 g/mol. The summed E-state index contributed by atoms with van der Waals surface area (Å²) in [6.45, 7) is 2.11. The summed E-state index contributed by atoms with van der Waals surface area (Å²) in [5, 5.41) is 10.9. The second kappa shape index (κ2) is 4.40. The first-order chi connectivity index (χ1) is 9.13. The van der Waals surface area contributed by atoms with Crippen LogP contribution < -0.4 is 9.64 Å². The van der Waals surface area contributed by atoms with E-state index >= 15 is 0 Å². The van der Waals surface area contributed by atoms with Gasteiger partial charge in [0, 0.05) is 30.9 Å². The highest BCUT2D eigenvalue weighted by Crippen LogP contribution is 2.52. The lowest BCUT2D eigenvalue weighted by molar-refractivity contribution is -0.385. The fourth-order valence-corrected chi connectivity index (χ4v) is 3.03. The van der Waals surface area contributed by atoms with Gasteiger partial charge in [0.05, 0.1) is 12.0 Å². The molecule has 102 valence electrons. The zero-order valence-corrected chi connectivity index (χ0v) is 11.1. The van der Waals surface area contributed by atoms with Crippen molar-refractivity contribution in [1.82, 2.24) is 0 Å². The maximum absolute atomic E-state index is 10.9. The molecule has 1 aliphatic heterocycles. The highest BCUT2D eigenvalue weighted by Gasteiger charge is 2.45. The molecule has 1 aromatic carbocycles. The van der Waals surface area contributed by atoms with Gasteiger partial charge in [0.2, 0.25) is 0 Å². The quantitative estimate of drug-likeness (QED) is 0.620. The molecule has 1 saturated heterocycles. The normalized spacial score (nSPS) is 20.4. The third-order valence-electron chi connectivity index (χ3n) is 4.34. The van der Waals surface area contributed by atoms with Gasteiger partial charge in [-0.3, -0.25) is 10.1 Å². The molecule has 1 saturated carbocycles. The Morgan fingerprint density at radius 2 is 2.16 bits per heavy atom. The Labute approximate surface area is 112 Å². The lowest BCUT2D eigenvalue weighted by Crippen LogP contribution is -2.36. The highest BCUT2D eigenvalue weighted by molar-refractivity contribution is 5.59. The number of anilines is 1. The highest BCUT2D eigenvalue weighted by atomic mass is 16.6. The molecule has 0 atom stereocenters. The summed E-state index contributed by atoms with van der Waals surface area (Å²) in [4.78, 5) is 12.8. The van der Waals surface area contributed by atoms with E-state index in [1.54, 1.807) is 12.1 Å². The molecule has 2 fully saturated rings. The number of piperidine rings is 1. The number of nitrogens with zero attached hydrogens (tertiary/aromatic N) is 2. The number of rotatable bonds is 3.